The molecular weight excluding hydrogens is 218 g/mol. The Balaban J connectivity index is 2.22. The molecule has 17 heavy (non-hydrogen) atoms. The molecule has 0 bridgehead atoms. The molecule has 0 aromatic heterocycles. The Morgan fingerprint density at radius 3 is 2.94 bits per heavy atom. The van der Waals surface area contributed by atoms with Crippen molar-refractivity contribution in [2.45, 2.75) is 26.7 Å². The summed E-state index contributed by atoms with van der Waals surface area (Å²) in [6.45, 7) is 7.75. The highest BCUT2D eigenvalue weighted by Crippen LogP contribution is 2.15. The van der Waals surface area contributed by atoms with Crippen LogP contribution in [0.3, 0.4) is 0 Å². The van der Waals surface area contributed by atoms with Crippen molar-refractivity contribution in [3.8, 4) is 0 Å². The first-order valence-electron chi connectivity index (χ1n) is 6.56. The van der Waals surface area contributed by atoms with Crippen LogP contribution in [0.2, 0.25) is 0 Å². The maximum Gasteiger partial charge on any atom is 0.309 e. The molecule has 1 aliphatic rings. The van der Waals surface area contributed by atoms with Crippen molar-refractivity contribution in [1.29, 1.82) is 0 Å². The van der Waals surface area contributed by atoms with Gasteiger partial charge in [0.1, 0.15) is 0 Å². The van der Waals surface area contributed by atoms with Gasteiger partial charge in [0, 0.05) is 19.7 Å². The minimum atomic E-state index is -0.0979. The smallest absolute Gasteiger partial charge is 0.309 e. The molecule has 0 aliphatic carbocycles. The maximum atomic E-state index is 11.5. The minimum absolute atomic E-state index is 0.0514. The number of hydrogen-bond donors (Lipinski definition) is 0. The summed E-state index contributed by atoms with van der Waals surface area (Å²) in [5.41, 5.74) is 0. The lowest BCUT2D eigenvalue weighted by molar-refractivity contribution is -0.148. The first-order valence-corrected chi connectivity index (χ1v) is 6.56. The molecular formula is C13H25NO3. The first kappa shape index (κ1) is 14.5. The van der Waals surface area contributed by atoms with Crippen molar-refractivity contribution in [3.63, 3.8) is 0 Å². The fraction of sp³-hybridized carbons (Fsp3) is 0.923. The predicted octanol–water partition coefficient (Wildman–Crippen LogP) is 1.54. The monoisotopic (exact) mass is 243 g/mol. The summed E-state index contributed by atoms with van der Waals surface area (Å²) in [7, 11) is 2.06. The standard InChI is InChI=1S/C13H25NO3/c1-4-17-13(15)11(2)8-14(3)9-12-6-5-7-16-10-12/h11-12H,4-10H2,1-3H3. The number of hydrogen-bond acceptors (Lipinski definition) is 4. The zero-order valence-electron chi connectivity index (χ0n) is 11.3. The third-order valence-corrected chi connectivity index (χ3v) is 3.10. The molecule has 2 unspecified atom stereocenters. The Morgan fingerprint density at radius 2 is 2.35 bits per heavy atom. The van der Waals surface area contributed by atoms with Gasteiger partial charge in [-0.05, 0) is 32.7 Å². The molecule has 4 heteroatoms. The summed E-state index contributed by atoms with van der Waals surface area (Å²) < 4.78 is 10.5. The van der Waals surface area contributed by atoms with E-state index in [2.05, 4.69) is 11.9 Å². The van der Waals surface area contributed by atoms with E-state index in [0.717, 1.165) is 32.7 Å². The van der Waals surface area contributed by atoms with Crippen molar-refractivity contribution in [2.24, 2.45) is 11.8 Å². The number of nitrogens with zero attached hydrogens (tertiary/aromatic N) is 1. The van der Waals surface area contributed by atoms with Crippen LogP contribution in [0.5, 0.6) is 0 Å². The average molecular weight is 243 g/mol. The van der Waals surface area contributed by atoms with Crippen molar-refractivity contribution in [3.05, 3.63) is 0 Å². The zero-order chi connectivity index (χ0) is 12.7. The lowest BCUT2D eigenvalue weighted by Crippen LogP contribution is -2.35. The summed E-state index contributed by atoms with van der Waals surface area (Å²) in [6, 6.07) is 0. The van der Waals surface area contributed by atoms with Gasteiger partial charge in [-0.3, -0.25) is 4.79 Å². The van der Waals surface area contributed by atoms with Gasteiger partial charge in [-0.1, -0.05) is 6.92 Å². The summed E-state index contributed by atoms with van der Waals surface area (Å²) in [4.78, 5) is 13.7. The molecule has 0 amide bonds. The summed E-state index contributed by atoms with van der Waals surface area (Å²) in [5, 5.41) is 0. The quantitative estimate of drug-likeness (QED) is 0.663. The van der Waals surface area contributed by atoms with E-state index in [1.807, 2.05) is 13.8 Å². The largest absolute Gasteiger partial charge is 0.466 e. The van der Waals surface area contributed by atoms with Gasteiger partial charge in [-0.2, -0.15) is 0 Å². The molecule has 0 aromatic carbocycles. The van der Waals surface area contributed by atoms with Crippen LogP contribution in [0.4, 0.5) is 0 Å². The minimum Gasteiger partial charge on any atom is -0.466 e. The van der Waals surface area contributed by atoms with Gasteiger partial charge in [0.2, 0.25) is 0 Å². The molecule has 1 heterocycles. The Bertz CT molecular complexity index is 227. The van der Waals surface area contributed by atoms with Gasteiger partial charge in [-0.15, -0.1) is 0 Å². The third kappa shape index (κ3) is 5.50. The van der Waals surface area contributed by atoms with Crippen LogP contribution >= 0.6 is 0 Å². The normalized spacial score (nSPS) is 22.5. The van der Waals surface area contributed by atoms with E-state index in [0.29, 0.717) is 12.5 Å². The van der Waals surface area contributed by atoms with E-state index in [4.69, 9.17) is 9.47 Å². The summed E-state index contributed by atoms with van der Waals surface area (Å²) in [5.74, 6) is 0.465. The van der Waals surface area contributed by atoms with Crippen LogP contribution in [0.1, 0.15) is 26.7 Å². The SMILES string of the molecule is CCOC(=O)C(C)CN(C)CC1CCCOC1. The molecule has 1 rings (SSSR count). The topological polar surface area (TPSA) is 38.8 Å². The number of rotatable bonds is 6. The lowest BCUT2D eigenvalue weighted by Gasteiger charge is -2.28. The van der Waals surface area contributed by atoms with Crippen LogP contribution in [0.15, 0.2) is 0 Å². The molecule has 1 fully saturated rings. The number of carbonyl (C=O) groups excluding carboxylic acids is 1. The van der Waals surface area contributed by atoms with Gasteiger partial charge in [-0.25, -0.2) is 0 Å². The molecule has 0 saturated carbocycles. The maximum absolute atomic E-state index is 11.5. The van der Waals surface area contributed by atoms with E-state index in [1.165, 1.54) is 6.42 Å². The Labute approximate surface area is 104 Å². The first-order chi connectivity index (χ1) is 8.13. The van der Waals surface area contributed by atoms with E-state index in [9.17, 15) is 4.79 Å². The van der Waals surface area contributed by atoms with Crippen LogP contribution in [0.25, 0.3) is 0 Å². The Morgan fingerprint density at radius 1 is 1.59 bits per heavy atom. The second-order valence-corrected chi connectivity index (χ2v) is 4.96. The van der Waals surface area contributed by atoms with Crippen molar-refractivity contribution in [2.75, 3.05) is 40.0 Å². The Hall–Kier alpha value is -0.610. The second-order valence-electron chi connectivity index (χ2n) is 4.96. The molecule has 0 radical (unpaired) electrons. The second kappa shape index (κ2) is 7.67. The van der Waals surface area contributed by atoms with Crippen LogP contribution in [-0.4, -0.2) is 50.8 Å². The van der Waals surface area contributed by atoms with Gasteiger partial charge in [0.05, 0.1) is 19.1 Å². The highest BCUT2D eigenvalue weighted by Gasteiger charge is 2.20. The van der Waals surface area contributed by atoms with Gasteiger partial charge in [0.15, 0.2) is 0 Å². The fourth-order valence-corrected chi connectivity index (χ4v) is 2.29. The molecule has 0 spiro atoms. The summed E-state index contributed by atoms with van der Waals surface area (Å²) >= 11 is 0. The molecule has 0 N–H and O–H groups in total. The highest BCUT2D eigenvalue weighted by atomic mass is 16.5. The number of ether oxygens (including phenoxy) is 2. The van der Waals surface area contributed by atoms with Crippen molar-refractivity contribution in [1.82, 2.24) is 4.90 Å². The molecule has 0 aromatic rings. The van der Waals surface area contributed by atoms with E-state index in [-0.39, 0.29) is 11.9 Å². The van der Waals surface area contributed by atoms with E-state index < -0.39 is 0 Å². The van der Waals surface area contributed by atoms with E-state index >= 15 is 0 Å². The third-order valence-electron chi connectivity index (χ3n) is 3.10. The van der Waals surface area contributed by atoms with Crippen LogP contribution in [0, 0.1) is 11.8 Å². The molecule has 2 atom stereocenters. The molecule has 1 saturated heterocycles. The average Bonchev–Trinajstić information content (AvgIpc) is 2.30. The Kier molecular flexibility index (Phi) is 6.52. The van der Waals surface area contributed by atoms with Crippen LogP contribution < -0.4 is 0 Å². The van der Waals surface area contributed by atoms with Crippen LogP contribution in [-0.2, 0) is 14.3 Å². The summed E-state index contributed by atoms with van der Waals surface area (Å²) in [6.07, 6.45) is 2.39. The fourth-order valence-electron chi connectivity index (χ4n) is 2.29. The van der Waals surface area contributed by atoms with Crippen molar-refractivity contribution >= 4 is 5.97 Å². The van der Waals surface area contributed by atoms with Crippen molar-refractivity contribution < 1.29 is 14.3 Å². The lowest BCUT2D eigenvalue weighted by atomic mass is 10.0. The highest BCUT2D eigenvalue weighted by molar-refractivity contribution is 5.72. The van der Waals surface area contributed by atoms with Gasteiger partial charge in [0.25, 0.3) is 0 Å². The predicted molar refractivity (Wildman–Crippen MR) is 66.8 cm³/mol. The molecule has 4 nitrogen and oxygen atoms in total. The number of carbonyl (C=O) groups is 1. The molecule has 1 aliphatic heterocycles. The zero-order valence-corrected chi connectivity index (χ0v) is 11.3. The van der Waals surface area contributed by atoms with E-state index in [1.54, 1.807) is 0 Å². The molecule has 100 valence electrons. The van der Waals surface area contributed by atoms with Gasteiger partial charge < -0.3 is 14.4 Å². The number of esters is 1. The van der Waals surface area contributed by atoms with Gasteiger partial charge >= 0.3 is 5.97 Å².